The highest BCUT2D eigenvalue weighted by atomic mass is 16.5. The number of phenols is 1. The van der Waals surface area contributed by atoms with Crippen LogP contribution in [-0.4, -0.2) is 12.2 Å². The van der Waals surface area contributed by atoms with Crippen LogP contribution in [0.3, 0.4) is 0 Å². The lowest BCUT2D eigenvalue weighted by Crippen LogP contribution is -1.80. The van der Waals surface area contributed by atoms with Gasteiger partial charge in [0.2, 0.25) is 5.43 Å². The Morgan fingerprint density at radius 3 is 2.73 bits per heavy atom. The molecule has 0 saturated heterocycles. The van der Waals surface area contributed by atoms with Crippen LogP contribution in [0.1, 0.15) is 0 Å². The summed E-state index contributed by atoms with van der Waals surface area (Å²) in [6.45, 7) is 0. The number of rotatable bonds is 1. The van der Waals surface area contributed by atoms with Crippen LogP contribution < -0.4 is 10.2 Å². The highest BCUT2D eigenvalue weighted by molar-refractivity contribution is 6.06. The molecule has 2 aromatic rings. The van der Waals surface area contributed by atoms with Crippen molar-refractivity contribution in [3.05, 3.63) is 22.4 Å². The first kappa shape index (κ1) is 6.22. The Kier molecular flexibility index (Phi) is 0.990. The van der Waals surface area contributed by atoms with Gasteiger partial charge < -0.3 is 9.84 Å². The normalized spacial score (nSPS) is 11.0. The molecule has 0 fully saturated rings. The van der Waals surface area contributed by atoms with Gasteiger partial charge in [0.05, 0.1) is 17.9 Å². The van der Waals surface area contributed by atoms with Gasteiger partial charge in [0, 0.05) is 0 Å². The lowest BCUT2D eigenvalue weighted by atomic mass is 10.3. The second-order valence-electron chi connectivity index (χ2n) is 2.37. The highest BCUT2D eigenvalue weighted by Crippen LogP contribution is 2.33. The molecule has 2 aromatic carbocycles. The zero-order chi connectivity index (χ0) is 8.01. The van der Waals surface area contributed by atoms with Crippen molar-refractivity contribution in [3.8, 4) is 11.5 Å². The topological polar surface area (TPSA) is 46.5 Å². The Morgan fingerprint density at radius 2 is 2.09 bits per heavy atom. The van der Waals surface area contributed by atoms with Gasteiger partial charge in [0.25, 0.3) is 0 Å². The molecule has 3 heteroatoms. The first-order valence-corrected chi connectivity index (χ1v) is 3.20. The maximum absolute atomic E-state index is 10.9. The second-order valence-corrected chi connectivity index (χ2v) is 2.37. The van der Waals surface area contributed by atoms with Gasteiger partial charge in [-0.1, -0.05) is 0 Å². The van der Waals surface area contributed by atoms with Crippen LogP contribution in [0.2, 0.25) is 0 Å². The Labute approximate surface area is 62.5 Å². The summed E-state index contributed by atoms with van der Waals surface area (Å²) < 4.78 is 4.89. The molecule has 0 aliphatic carbocycles. The molecular weight excluding hydrogens is 144 g/mol. The predicted octanol–water partition coefficient (Wildman–Crippen LogP) is 0.790. The number of fused-ring (bicyclic) bond motifs is 1. The zero-order valence-corrected chi connectivity index (χ0v) is 5.92. The van der Waals surface area contributed by atoms with Gasteiger partial charge in [-0.15, -0.1) is 0 Å². The molecule has 11 heavy (non-hydrogen) atoms. The average molecular weight is 150 g/mol. The molecule has 0 unspecified atom stereocenters. The minimum Gasteiger partial charge on any atom is -0.507 e. The van der Waals surface area contributed by atoms with Crippen LogP contribution in [0.5, 0.6) is 11.5 Å². The summed E-state index contributed by atoms with van der Waals surface area (Å²) in [4.78, 5) is 10.9. The molecule has 0 aromatic heterocycles. The van der Waals surface area contributed by atoms with E-state index in [4.69, 9.17) is 9.84 Å². The van der Waals surface area contributed by atoms with Crippen LogP contribution in [0.25, 0.3) is 10.8 Å². The van der Waals surface area contributed by atoms with Crippen molar-refractivity contribution in [1.29, 1.82) is 0 Å². The van der Waals surface area contributed by atoms with Crippen LogP contribution in [0.15, 0.2) is 16.9 Å². The van der Waals surface area contributed by atoms with Gasteiger partial charge in [-0.3, -0.25) is 4.79 Å². The van der Waals surface area contributed by atoms with Crippen LogP contribution in [0.4, 0.5) is 0 Å². The van der Waals surface area contributed by atoms with E-state index in [1.54, 1.807) is 6.07 Å². The van der Waals surface area contributed by atoms with E-state index in [0.29, 0.717) is 16.5 Å². The van der Waals surface area contributed by atoms with Crippen molar-refractivity contribution in [2.45, 2.75) is 0 Å². The predicted molar refractivity (Wildman–Crippen MR) is 40.8 cm³/mol. The fourth-order valence-electron chi connectivity index (χ4n) is 1.14. The summed E-state index contributed by atoms with van der Waals surface area (Å²) >= 11 is 0. The number of ether oxygens (including phenoxy) is 1. The number of methoxy groups -OCH3 is 1. The van der Waals surface area contributed by atoms with E-state index < -0.39 is 0 Å². The largest absolute Gasteiger partial charge is 0.507 e. The second kappa shape index (κ2) is 1.75. The van der Waals surface area contributed by atoms with Crippen LogP contribution in [-0.2, 0) is 0 Å². The Bertz CT molecular complexity index is 421. The lowest BCUT2D eigenvalue weighted by Gasteiger charge is -1.94. The van der Waals surface area contributed by atoms with Crippen molar-refractivity contribution < 1.29 is 9.84 Å². The van der Waals surface area contributed by atoms with E-state index >= 15 is 0 Å². The maximum Gasteiger partial charge on any atom is 0.202 e. The molecule has 0 bridgehead atoms. The Hall–Kier alpha value is -1.51. The van der Waals surface area contributed by atoms with Crippen molar-refractivity contribution in [1.82, 2.24) is 0 Å². The monoisotopic (exact) mass is 150 g/mol. The summed E-state index contributed by atoms with van der Waals surface area (Å²) in [7, 11) is 1.50. The quantitative estimate of drug-likeness (QED) is 0.653. The molecule has 0 atom stereocenters. The molecule has 0 spiro atoms. The average Bonchev–Trinajstić information content (AvgIpc) is 2.65. The number of aromatic hydroxyl groups is 1. The summed E-state index contributed by atoms with van der Waals surface area (Å²) in [5, 5.41) is 10.0. The molecule has 0 heterocycles. The molecule has 0 amide bonds. The third-order valence-electron chi connectivity index (χ3n) is 1.76. The number of benzene rings is 1. The standard InChI is InChI=1S/C8H6O3/c1-11-5-3-2-4(9)6-7(5)8(6)10/h2-3,9H,1H3. The molecular formula is C8H6O3. The van der Waals surface area contributed by atoms with Gasteiger partial charge in [0.1, 0.15) is 11.5 Å². The Morgan fingerprint density at radius 1 is 1.36 bits per heavy atom. The summed E-state index contributed by atoms with van der Waals surface area (Å²) in [6.07, 6.45) is 0. The van der Waals surface area contributed by atoms with Gasteiger partial charge in [-0.2, -0.15) is 0 Å². The zero-order valence-electron chi connectivity index (χ0n) is 5.92. The first-order valence-electron chi connectivity index (χ1n) is 3.20. The molecule has 3 nitrogen and oxygen atoms in total. The van der Waals surface area contributed by atoms with Gasteiger partial charge in [-0.05, 0) is 12.1 Å². The van der Waals surface area contributed by atoms with E-state index in [2.05, 4.69) is 0 Å². The highest BCUT2D eigenvalue weighted by Gasteiger charge is 2.21. The van der Waals surface area contributed by atoms with E-state index in [0.717, 1.165) is 0 Å². The molecule has 0 radical (unpaired) electrons. The van der Waals surface area contributed by atoms with Crippen molar-refractivity contribution in [2.24, 2.45) is 0 Å². The fourth-order valence-corrected chi connectivity index (χ4v) is 1.14. The molecule has 1 N–H and O–H groups in total. The van der Waals surface area contributed by atoms with E-state index in [-0.39, 0.29) is 11.2 Å². The van der Waals surface area contributed by atoms with Crippen LogP contribution >= 0.6 is 0 Å². The van der Waals surface area contributed by atoms with Crippen molar-refractivity contribution in [2.75, 3.05) is 7.11 Å². The SMILES string of the molecule is COc1ccc(O)c2c(=O)c12. The third kappa shape index (κ3) is 0.648. The molecule has 56 valence electrons. The summed E-state index contributed by atoms with van der Waals surface area (Å²) in [6, 6.07) is 3.04. The van der Waals surface area contributed by atoms with E-state index in [9.17, 15) is 4.79 Å². The van der Waals surface area contributed by atoms with E-state index in [1.807, 2.05) is 0 Å². The minimum atomic E-state index is -0.107. The maximum atomic E-state index is 10.9. The van der Waals surface area contributed by atoms with Gasteiger partial charge in [0.15, 0.2) is 0 Å². The molecule has 2 rings (SSSR count). The lowest BCUT2D eigenvalue weighted by molar-refractivity contribution is 0.419. The molecule has 0 saturated carbocycles. The fraction of sp³-hybridized carbons (Fsp3) is 0.125. The van der Waals surface area contributed by atoms with Crippen LogP contribution in [0, 0.1) is 0 Å². The smallest absolute Gasteiger partial charge is 0.202 e. The van der Waals surface area contributed by atoms with Gasteiger partial charge >= 0.3 is 0 Å². The molecule has 0 aliphatic heterocycles. The van der Waals surface area contributed by atoms with E-state index in [1.165, 1.54) is 13.2 Å². The minimum absolute atomic E-state index is 0.0470. The number of hydrogen-bond acceptors (Lipinski definition) is 3. The van der Waals surface area contributed by atoms with Gasteiger partial charge in [-0.25, -0.2) is 0 Å². The third-order valence-corrected chi connectivity index (χ3v) is 1.76. The first-order chi connectivity index (χ1) is 5.25. The molecule has 0 aliphatic rings. The van der Waals surface area contributed by atoms with Crippen molar-refractivity contribution in [3.63, 3.8) is 0 Å². The van der Waals surface area contributed by atoms with Crippen molar-refractivity contribution >= 4 is 10.8 Å². The summed E-state index contributed by atoms with van der Waals surface area (Å²) in [5.74, 6) is 0.591. The number of phenolic OH excluding ortho intramolecular Hbond substituents is 1. The summed E-state index contributed by atoms with van der Waals surface area (Å²) in [5.41, 5.74) is -0.107. The Balaban J connectivity index is 2.78. The number of hydrogen-bond donors (Lipinski definition) is 1.